The Morgan fingerprint density at radius 1 is 1.30 bits per heavy atom. The van der Waals surface area contributed by atoms with E-state index in [2.05, 4.69) is 18.7 Å². The fourth-order valence-electron chi connectivity index (χ4n) is 3.09. The molecule has 1 fully saturated rings. The molecule has 1 saturated heterocycles. The molecule has 2 nitrogen and oxygen atoms in total. The molecule has 1 aliphatic rings. The van der Waals surface area contributed by atoms with Crippen LogP contribution in [-0.4, -0.2) is 29.6 Å². The van der Waals surface area contributed by atoms with E-state index in [1.54, 1.807) is 0 Å². The summed E-state index contributed by atoms with van der Waals surface area (Å²) < 4.78 is 26.7. The van der Waals surface area contributed by atoms with Crippen LogP contribution in [0, 0.1) is 11.6 Å². The summed E-state index contributed by atoms with van der Waals surface area (Å²) in [6.07, 6.45) is 3.77. The van der Waals surface area contributed by atoms with Gasteiger partial charge in [0.05, 0.1) is 0 Å². The first kappa shape index (κ1) is 15.4. The molecule has 1 aliphatic heterocycles. The molecule has 0 aliphatic carbocycles. The van der Waals surface area contributed by atoms with Gasteiger partial charge in [-0.2, -0.15) is 0 Å². The second kappa shape index (κ2) is 6.19. The number of nitrogens with two attached hydrogens (primary N) is 1. The summed E-state index contributed by atoms with van der Waals surface area (Å²) in [6.45, 7) is 6.40. The molecule has 2 unspecified atom stereocenters. The topological polar surface area (TPSA) is 29.3 Å². The molecule has 4 heteroatoms. The molecule has 0 amide bonds. The smallest absolute Gasteiger partial charge is 0.129 e. The molecule has 1 aromatic carbocycles. The Bertz CT molecular complexity index is 458. The number of likely N-dealkylation sites (tertiary alicyclic amines) is 1. The molecule has 1 heterocycles. The van der Waals surface area contributed by atoms with Crippen LogP contribution in [0.2, 0.25) is 0 Å². The van der Waals surface area contributed by atoms with Gasteiger partial charge in [-0.15, -0.1) is 0 Å². The lowest BCUT2D eigenvalue weighted by Gasteiger charge is -2.43. The molecular weight excluding hydrogens is 258 g/mol. The Balaban J connectivity index is 2.14. The van der Waals surface area contributed by atoms with Crippen LogP contribution in [0.4, 0.5) is 8.78 Å². The van der Waals surface area contributed by atoms with Crippen molar-refractivity contribution in [3.63, 3.8) is 0 Å². The van der Waals surface area contributed by atoms with Gasteiger partial charge in [-0.05, 0) is 57.3 Å². The zero-order valence-corrected chi connectivity index (χ0v) is 12.3. The number of hydrogen-bond donors (Lipinski definition) is 1. The van der Waals surface area contributed by atoms with Gasteiger partial charge in [-0.1, -0.05) is 13.0 Å². The minimum Gasteiger partial charge on any atom is -0.326 e. The van der Waals surface area contributed by atoms with Crippen molar-refractivity contribution in [2.45, 2.75) is 51.1 Å². The van der Waals surface area contributed by atoms with Crippen LogP contribution in [0.3, 0.4) is 0 Å². The SMILES string of the molecule is CCC(C)(C(N)Cc1ccc(F)cc1F)N1CCCC1. The zero-order valence-electron chi connectivity index (χ0n) is 12.3. The minimum absolute atomic E-state index is 0.128. The summed E-state index contributed by atoms with van der Waals surface area (Å²) in [7, 11) is 0. The maximum absolute atomic E-state index is 13.8. The van der Waals surface area contributed by atoms with E-state index in [4.69, 9.17) is 5.73 Å². The van der Waals surface area contributed by atoms with Gasteiger partial charge in [0, 0.05) is 17.6 Å². The van der Waals surface area contributed by atoms with E-state index in [0.29, 0.717) is 12.0 Å². The predicted molar refractivity (Wildman–Crippen MR) is 77.5 cm³/mol. The average molecular weight is 282 g/mol. The van der Waals surface area contributed by atoms with Crippen molar-refractivity contribution in [1.29, 1.82) is 0 Å². The fourth-order valence-corrected chi connectivity index (χ4v) is 3.09. The molecule has 0 saturated carbocycles. The van der Waals surface area contributed by atoms with E-state index >= 15 is 0 Å². The lowest BCUT2D eigenvalue weighted by atomic mass is 9.84. The summed E-state index contributed by atoms with van der Waals surface area (Å²) in [5.41, 5.74) is 6.75. The highest BCUT2D eigenvalue weighted by Gasteiger charge is 2.37. The third-order valence-corrected chi connectivity index (χ3v) is 4.80. The standard InChI is InChI=1S/C16H24F2N2/c1-3-16(2,20-8-4-5-9-20)15(19)10-12-6-7-13(17)11-14(12)18/h6-7,11,15H,3-5,8-10,19H2,1-2H3. The Kier molecular flexibility index (Phi) is 4.76. The molecular formula is C16H24F2N2. The lowest BCUT2D eigenvalue weighted by molar-refractivity contribution is 0.0995. The van der Waals surface area contributed by atoms with Gasteiger partial charge in [0.25, 0.3) is 0 Å². The molecule has 0 radical (unpaired) electrons. The first-order valence-corrected chi connectivity index (χ1v) is 7.42. The fraction of sp³-hybridized carbons (Fsp3) is 0.625. The molecule has 1 aromatic rings. The van der Waals surface area contributed by atoms with Gasteiger partial charge in [-0.3, -0.25) is 4.90 Å². The maximum atomic E-state index is 13.8. The van der Waals surface area contributed by atoms with Crippen LogP contribution in [0.5, 0.6) is 0 Å². The van der Waals surface area contributed by atoms with Crippen LogP contribution in [0.1, 0.15) is 38.7 Å². The summed E-state index contributed by atoms with van der Waals surface area (Å²) in [5.74, 6) is -1.04. The van der Waals surface area contributed by atoms with E-state index in [9.17, 15) is 8.78 Å². The third kappa shape index (κ3) is 3.01. The molecule has 2 N–H and O–H groups in total. The van der Waals surface area contributed by atoms with Crippen LogP contribution in [-0.2, 0) is 6.42 Å². The number of benzene rings is 1. The molecule has 20 heavy (non-hydrogen) atoms. The largest absolute Gasteiger partial charge is 0.326 e. The number of hydrogen-bond acceptors (Lipinski definition) is 2. The summed E-state index contributed by atoms with van der Waals surface area (Å²) in [5, 5.41) is 0. The summed E-state index contributed by atoms with van der Waals surface area (Å²) >= 11 is 0. The van der Waals surface area contributed by atoms with Gasteiger partial charge >= 0.3 is 0 Å². The molecule has 0 spiro atoms. The van der Waals surface area contributed by atoms with Crippen molar-refractivity contribution in [1.82, 2.24) is 4.90 Å². The van der Waals surface area contributed by atoms with Crippen molar-refractivity contribution < 1.29 is 8.78 Å². The first-order chi connectivity index (χ1) is 9.47. The Hall–Kier alpha value is -1.00. The highest BCUT2D eigenvalue weighted by atomic mass is 19.1. The van der Waals surface area contributed by atoms with Gasteiger partial charge in [0.2, 0.25) is 0 Å². The molecule has 112 valence electrons. The zero-order chi connectivity index (χ0) is 14.8. The molecule has 2 rings (SSSR count). The Morgan fingerprint density at radius 3 is 2.50 bits per heavy atom. The predicted octanol–water partition coefficient (Wildman–Crippen LogP) is 3.10. The van der Waals surface area contributed by atoms with Crippen molar-refractivity contribution in [3.8, 4) is 0 Å². The average Bonchev–Trinajstić information content (AvgIpc) is 2.95. The highest BCUT2D eigenvalue weighted by Crippen LogP contribution is 2.29. The van der Waals surface area contributed by atoms with Crippen molar-refractivity contribution in [2.24, 2.45) is 5.73 Å². The number of rotatable bonds is 5. The minimum atomic E-state index is -0.544. The van der Waals surface area contributed by atoms with Crippen LogP contribution in [0.15, 0.2) is 18.2 Å². The quantitative estimate of drug-likeness (QED) is 0.899. The van der Waals surface area contributed by atoms with Gasteiger partial charge in [0.1, 0.15) is 11.6 Å². The first-order valence-electron chi connectivity index (χ1n) is 7.42. The second-order valence-corrected chi connectivity index (χ2v) is 5.95. The molecule has 0 aromatic heterocycles. The van der Waals surface area contributed by atoms with Crippen molar-refractivity contribution >= 4 is 0 Å². The molecule has 0 bridgehead atoms. The Labute approximate surface area is 120 Å². The number of nitrogens with zero attached hydrogens (tertiary/aromatic N) is 1. The van der Waals surface area contributed by atoms with Crippen LogP contribution in [0.25, 0.3) is 0 Å². The maximum Gasteiger partial charge on any atom is 0.129 e. The second-order valence-electron chi connectivity index (χ2n) is 5.95. The van der Waals surface area contributed by atoms with Gasteiger partial charge in [0.15, 0.2) is 0 Å². The van der Waals surface area contributed by atoms with E-state index in [-0.39, 0.29) is 11.6 Å². The monoisotopic (exact) mass is 282 g/mol. The molecule has 2 atom stereocenters. The van der Waals surface area contributed by atoms with Crippen LogP contribution < -0.4 is 5.73 Å². The lowest BCUT2D eigenvalue weighted by Crippen LogP contribution is -2.57. The van der Waals surface area contributed by atoms with Crippen molar-refractivity contribution in [2.75, 3.05) is 13.1 Å². The highest BCUT2D eigenvalue weighted by molar-refractivity contribution is 5.20. The van der Waals surface area contributed by atoms with E-state index < -0.39 is 11.6 Å². The summed E-state index contributed by atoms with van der Waals surface area (Å²) in [4.78, 5) is 2.42. The summed E-state index contributed by atoms with van der Waals surface area (Å²) in [6, 6.07) is 3.57. The van der Waals surface area contributed by atoms with E-state index in [1.807, 2.05) is 0 Å². The van der Waals surface area contributed by atoms with E-state index in [0.717, 1.165) is 25.6 Å². The van der Waals surface area contributed by atoms with Gasteiger partial charge < -0.3 is 5.73 Å². The Morgan fingerprint density at radius 2 is 1.95 bits per heavy atom. The van der Waals surface area contributed by atoms with Gasteiger partial charge in [-0.25, -0.2) is 8.78 Å². The third-order valence-electron chi connectivity index (χ3n) is 4.80. The van der Waals surface area contributed by atoms with Crippen LogP contribution >= 0.6 is 0 Å². The normalized spacial score (nSPS) is 20.9. The number of halogens is 2. The van der Waals surface area contributed by atoms with Crippen molar-refractivity contribution in [3.05, 3.63) is 35.4 Å². The van der Waals surface area contributed by atoms with E-state index in [1.165, 1.54) is 25.0 Å².